The van der Waals surface area contributed by atoms with Crippen LogP contribution in [-0.2, 0) is 23.9 Å². The molecule has 0 bridgehead atoms. The van der Waals surface area contributed by atoms with E-state index in [1.165, 1.54) is 39.8 Å². The number of benzene rings is 2. The maximum absolute atomic E-state index is 10.5. The van der Waals surface area contributed by atoms with Crippen LogP contribution in [0.1, 0.15) is 38.8 Å². The average Bonchev–Trinajstić information content (AvgIpc) is 2.60. The predicted octanol–water partition coefficient (Wildman–Crippen LogP) is 3.35. The maximum atomic E-state index is 10.5. The Morgan fingerprint density at radius 1 is 0.613 bits per heavy atom. The minimum Gasteiger partial charge on any atom is -0.508 e. The molecule has 168 valence electrons. The highest BCUT2D eigenvalue weighted by Gasteiger charge is 2.01. The van der Waals surface area contributed by atoms with Gasteiger partial charge in [-0.05, 0) is 61.4 Å². The Hall–Kier alpha value is -3.88. The first-order chi connectivity index (χ1) is 14.3. The molecule has 0 aliphatic carbocycles. The second-order valence-corrected chi connectivity index (χ2v) is 6.17. The highest BCUT2D eigenvalue weighted by molar-refractivity contribution is 5.82. The Morgan fingerprint density at radius 2 is 0.935 bits per heavy atom. The van der Waals surface area contributed by atoms with Crippen molar-refractivity contribution in [2.45, 2.75) is 41.5 Å². The van der Waals surface area contributed by atoms with E-state index in [1.54, 1.807) is 38.1 Å². The van der Waals surface area contributed by atoms with E-state index in [4.69, 9.17) is 19.7 Å². The zero-order valence-corrected chi connectivity index (χ0v) is 18.2. The summed E-state index contributed by atoms with van der Waals surface area (Å²) in [6.45, 7) is 8.51. The van der Waals surface area contributed by atoms with Crippen molar-refractivity contribution in [3.8, 4) is 23.0 Å². The van der Waals surface area contributed by atoms with Gasteiger partial charge in [-0.3, -0.25) is 19.2 Å². The minimum atomic E-state index is -0.562. The summed E-state index contributed by atoms with van der Waals surface area (Å²) in [6, 6.07) is 9.29. The minimum absolute atomic E-state index is 0.200. The summed E-state index contributed by atoms with van der Waals surface area (Å²) in [7, 11) is 0. The Morgan fingerprint density at radius 3 is 1.13 bits per heavy atom. The SMILES string of the molecule is CC(=O)OC(C)=O.CC(=O)Oc1ccc(O)c(C)c1.CC(=O)Oc1ccc(O)c(C)c1. The van der Waals surface area contributed by atoms with Gasteiger partial charge in [-0.2, -0.15) is 0 Å². The lowest BCUT2D eigenvalue weighted by Crippen LogP contribution is -2.03. The molecule has 0 heterocycles. The topological polar surface area (TPSA) is 136 Å². The third-order valence-corrected chi connectivity index (χ3v) is 3.15. The zero-order chi connectivity index (χ0) is 24.1. The van der Waals surface area contributed by atoms with E-state index in [-0.39, 0.29) is 23.4 Å². The lowest BCUT2D eigenvalue weighted by molar-refractivity contribution is -0.156. The fourth-order valence-corrected chi connectivity index (χ4v) is 1.92. The zero-order valence-electron chi connectivity index (χ0n) is 18.2. The molecule has 0 aliphatic rings. The summed E-state index contributed by atoms with van der Waals surface area (Å²) in [5.41, 5.74) is 1.38. The van der Waals surface area contributed by atoms with Gasteiger partial charge in [0, 0.05) is 27.7 Å². The molecule has 0 spiro atoms. The van der Waals surface area contributed by atoms with Crippen molar-refractivity contribution in [2.24, 2.45) is 0 Å². The van der Waals surface area contributed by atoms with Crippen LogP contribution < -0.4 is 9.47 Å². The van der Waals surface area contributed by atoms with Crippen LogP contribution in [-0.4, -0.2) is 34.1 Å². The molecule has 9 nitrogen and oxygen atoms in total. The van der Waals surface area contributed by atoms with E-state index in [2.05, 4.69) is 4.74 Å². The number of ether oxygens (including phenoxy) is 3. The summed E-state index contributed by atoms with van der Waals surface area (Å²) in [5, 5.41) is 18.3. The summed E-state index contributed by atoms with van der Waals surface area (Å²) >= 11 is 0. The molecular formula is C22H26O9. The highest BCUT2D eigenvalue weighted by Crippen LogP contribution is 2.22. The maximum Gasteiger partial charge on any atom is 0.310 e. The van der Waals surface area contributed by atoms with Crippen LogP contribution in [0.5, 0.6) is 23.0 Å². The van der Waals surface area contributed by atoms with Crippen LogP contribution in [0.4, 0.5) is 0 Å². The molecule has 2 N–H and O–H groups in total. The average molecular weight is 434 g/mol. The lowest BCUT2D eigenvalue weighted by Gasteiger charge is -2.02. The molecule has 2 aromatic rings. The second-order valence-electron chi connectivity index (χ2n) is 6.17. The van der Waals surface area contributed by atoms with Gasteiger partial charge in [0.05, 0.1) is 0 Å². The van der Waals surface area contributed by atoms with Crippen LogP contribution in [0.15, 0.2) is 36.4 Å². The first-order valence-corrected chi connectivity index (χ1v) is 8.96. The summed E-state index contributed by atoms with van der Waals surface area (Å²) in [5.74, 6) is -0.535. The van der Waals surface area contributed by atoms with Crippen molar-refractivity contribution in [2.75, 3.05) is 0 Å². The summed E-state index contributed by atoms with van der Waals surface area (Å²) in [4.78, 5) is 40.7. The molecule has 0 fully saturated rings. The number of hydrogen-bond acceptors (Lipinski definition) is 9. The van der Waals surface area contributed by atoms with Gasteiger partial charge in [0.1, 0.15) is 23.0 Å². The number of aryl methyl sites for hydroxylation is 2. The Bertz CT molecular complexity index is 857. The first-order valence-electron chi connectivity index (χ1n) is 8.96. The molecular weight excluding hydrogens is 408 g/mol. The van der Waals surface area contributed by atoms with Gasteiger partial charge in [0.25, 0.3) is 0 Å². The molecule has 0 amide bonds. The fraction of sp³-hybridized carbons (Fsp3) is 0.273. The number of carbonyl (C=O) groups excluding carboxylic acids is 4. The number of carbonyl (C=O) groups is 4. The number of aromatic hydroxyl groups is 2. The molecule has 0 unspecified atom stereocenters. The van der Waals surface area contributed by atoms with Crippen molar-refractivity contribution < 1.29 is 43.6 Å². The number of rotatable bonds is 2. The number of esters is 4. The molecule has 0 saturated heterocycles. The van der Waals surface area contributed by atoms with E-state index in [0.29, 0.717) is 22.6 Å². The Balaban J connectivity index is 0.000000454. The number of phenols is 2. The number of hydrogen-bond donors (Lipinski definition) is 2. The molecule has 31 heavy (non-hydrogen) atoms. The number of phenolic OH excluding ortho intramolecular Hbond substituents is 2. The van der Waals surface area contributed by atoms with Gasteiger partial charge in [-0.25, -0.2) is 0 Å². The summed E-state index contributed by atoms with van der Waals surface area (Å²) in [6.07, 6.45) is 0. The third-order valence-electron chi connectivity index (χ3n) is 3.15. The molecule has 9 heteroatoms. The largest absolute Gasteiger partial charge is 0.508 e. The molecule has 2 rings (SSSR count). The van der Waals surface area contributed by atoms with E-state index >= 15 is 0 Å². The van der Waals surface area contributed by atoms with E-state index < -0.39 is 11.9 Å². The Labute approximate surface area is 180 Å². The van der Waals surface area contributed by atoms with Gasteiger partial charge in [-0.1, -0.05) is 0 Å². The second kappa shape index (κ2) is 13.4. The molecule has 2 aromatic carbocycles. The molecule has 0 saturated carbocycles. The van der Waals surface area contributed by atoms with Crippen molar-refractivity contribution in [3.63, 3.8) is 0 Å². The lowest BCUT2D eigenvalue weighted by atomic mass is 10.2. The van der Waals surface area contributed by atoms with Crippen LogP contribution in [0.2, 0.25) is 0 Å². The van der Waals surface area contributed by atoms with Gasteiger partial charge in [-0.15, -0.1) is 0 Å². The first kappa shape index (κ1) is 27.1. The smallest absolute Gasteiger partial charge is 0.310 e. The molecule has 0 aliphatic heterocycles. The molecule has 0 radical (unpaired) electrons. The van der Waals surface area contributed by atoms with Crippen LogP contribution in [0.3, 0.4) is 0 Å². The summed E-state index contributed by atoms with van der Waals surface area (Å²) < 4.78 is 13.6. The van der Waals surface area contributed by atoms with Gasteiger partial charge in [0.15, 0.2) is 0 Å². The monoisotopic (exact) mass is 434 g/mol. The van der Waals surface area contributed by atoms with Crippen molar-refractivity contribution in [3.05, 3.63) is 47.5 Å². The highest BCUT2D eigenvalue weighted by atomic mass is 16.6. The normalized spacial score (nSPS) is 9.10. The standard InChI is InChI=1S/2C9H10O3.C4H6O3/c2*1-6-5-8(12-7(2)10)3-4-9(6)11;1-3(5)7-4(2)6/h2*3-5,11H,1-2H3;1-2H3. The quantitative estimate of drug-likeness (QED) is 0.414. The van der Waals surface area contributed by atoms with Crippen LogP contribution in [0, 0.1) is 13.8 Å². The molecule has 0 atom stereocenters. The van der Waals surface area contributed by atoms with E-state index in [0.717, 1.165) is 0 Å². The van der Waals surface area contributed by atoms with Crippen LogP contribution >= 0.6 is 0 Å². The van der Waals surface area contributed by atoms with Crippen molar-refractivity contribution in [1.29, 1.82) is 0 Å². The van der Waals surface area contributed by atoms with Crippen molar-refractivity contribution in [1.82, 2.24) is 0 Å². The van der Waals surface area contributed by atoms with Crippen LogP contribution in [0.25, 0.3) is 0 Å². The predicted molar refractivity (Wildman–Crippen MR) is 111 cm³/mol. The van der Waals surface area contributed by atoms with E-state index in [1.807, 2.05) is 0 Å². The Kier molecular flexibility index (Phi) is 11.7. The fourth-order valence-electron chi connectivity index (χ4n) is 1.92. The molecule has 0 aromatic heterocycles. The third kappa shape index (κ3) is 13.1. The van der Waals surface area contributed by atoms with Gasteiger partial charge < -0.3 is 24.4 Å². The van der Waals surface area contributed by atoms with Gasteiger partial charge >= 0.3 is 23.9 Å². The van der Waals surface area contributed by atoms with Gasteiger partial charge in [0.2, 0.25) is 0 Å². The van der Waals surface area contributed by atoms with Crippen molar-refractivity contribution >= 4 is 23.9 Å². The van der Waals surface area contributed by atoms with E-state index in [9.17, 15) is 19.2 Å².